The summed E-state index contributed by atoms with van der Waals surface area (Å²) >= 11 is 0. The normalized spacial score (nSPS) is 11.6. The molecule has 4 nitrogen and oxygen atoms in total. The van der Waals surface area contributed by atoms with E-state index in [9.17, 15) is 21.6 Å². The monoisotopic (exact) mass is 296 g/mol. The third-order valence-electron chi connectivity index (χ3n) is 2.35. The van der Waals surface area contributed by atoms with E-state index in [1.54, 1.807) is 7.05 Å². The molecule has 0 unspecified atom stereocenters. The zero-order valence-corrected chi connectivity index (χ0v) is 11.2. The van der Waals surface area contributed by atoms with Crippen molar-refractivity contribution < 1.29 is 21.6 Å². The van der Waals surface area contributed by atoms with Crippen LogP contribution in [-0.4, -0.2) is 27.8 Å². The smallest absolute Gasteiger partial charge is 0.232 e. The summed E-state index contributed by atoms with van der Waals surface area (Å²) in [5, 5.41) is 2.87. The van der Waals surface area contributed by atoms with Crippen LogP contribution in [0, 0.1) is 17.5 Å². The van der Waals surface area contributed by atoms with Gasteiger partial charge in [0, 0.05) is 12.1 Å². The summed E-state index contributed by atoms with van der Waals surface area (Å²) in [6, 6.07) is 1.20. The lowest BCUT2D eigenvalue weighted by molar-refractivity contribution is 0.448. The van der Waals surface area contributed by atoms with Crippen molar-refractivity contribution in [2.75, 3.05) is 24.1 Å². The first-order chi connectivity index (χ1) is 8.85. The molecule has 0 radical (unpaired) electrons. The summed E-state index contributed by atoms with van der Waals surface area (Å²) in [6.45, 7) is 0.676. The molecule has 0 bridgehead atoms. The van der Waals surface area contributed by atoms with Gasteiger partial charge in [-0.15, -0.1) is 0 Å². The Kier molecular flexibility index (Phi) is 5.61. The number of halogens is 3. The van der Waals surface area contributed by atoms with Gasteiger partial charge in [-0.05, 0) is 26.4 Å². The van der Waals surface area contributed by atoms with Crippen LogP contribution in [0.2, 0.25) is 0 Å². The van der Waals surface area contributed by atoms with Gasteiger partial charge in [-0.1, -0.05) is 0 Å². The van der Waals surface area contributed by atoms with Gasteiger partial charge in [0.25, 0.3) is 0 Å². The maximum Gasteiger partial charge on any atom is 0.232 e. The van der Waals surface area contributed by atoms with Crippen LogP contribution in [0.5, 0.6) is 0 Å². The van der Waals surface area contributed by atoms with E-state index in [0.717, 1.165) is 0 Å². The average molecular weight is 296 g/mol. The summed E-state index contributed by atoms with van der Waals surface area (Å²) in [5.74, 6) is -4.67. The molecule has 8 heteroatoms. The highest BCUT2D eigenvalue weighted by molar-refractivity contribution is 7.92. The van der Waals surface area contributed by atoms with Gasteiger partial charge in [-0.3, -0.25) is 4.72 Å². The lowest BCUT2D eigenvalue weighted by Crippen LogP contribution is -2.18. The van der Waals surface area contributed by atoms with Crippen LogP contribution in [0.15, 0.2) is 12.1 Å². The number of sulfonamides is 1. The van der Waals surface area contributed by atoms with E-state index >= 15 is 0 Å². The Morgan fingerprint density at radius 3 is 2.21 bits per heavy atom. The van der Waals surface area contributed by atoms with Gasteiger partial charge in [0.05, 0.1) is 11.4 Å². The van der Waals surface area contributed by atoms with Gasteiger partial charge in [-0.2, -0.15) is 0 Å². The highest BCUT2D eigenvalue weighted by Gasteiger charge is 2.15. The van der Waals surface area contributed by atoms with Crippen molar-refractivity contribution in [1.29, 1.82) is 0 Å². The van der Waals surface area contributed by atoms with Crippen molar-refractivity contribution in [3.63, 3.8) is 0 Å². The van der Waals surface area contributed by atoms with E-state index in [2.05, 4.69) is 5.32 Å². The molecular formula is C11H15F3N2O2S. The maximum absolute atomic E-state index is 12.9. The van der Waals surface area contributed by atoms with Gasteiger partial charge in [0.15, 0.2) is 17.5 Å². The Morgan fingerprint density at radius 2 is 1.68 bits per heavy atom. The fourth-order valence-corrected chi connectivity index (χ4v) is 2.60. The molecule has 0 aromatic heterocycles. The third kappa shape index (κ3) is 5.07. The second-order valence-electron chi connectivity index (χ2n) is 3.99. The first kappa shape index (κ1) is 15.8. The molecule has 2 N–H and O–H groups in total. The zero-order valence-electron chi connectivity index (χ0n) is 10.3. The molecule has 1 aromatic rings. The van der Waals surface area contributed by atoms with Crippen molar-refractivity contribution in [1.82, 2.24) is 5.32 Å². The Hall–Kier alpha value is -1.28. The zero-order chi connectivity index (χ0) is 14.5. The molecule has 0 spiro atoms. The highest BCUT2D eigenvalue weighted by atomic mass is 32.2. The molecule has 0 saturated carbocycles. The number of nitrogens with one attached hydrogen (secondary N) is 2. The fourth-order valence-electron chi connectivity index (χ4n) is 1.44. The van der Waals surface area contributed by atoms with Crippen molar-refractivity contribution in [3.8, 4) is 0 Å². The van der Waals surface area contributed by atoms with Crippen LogP contribution in [0.25, 0.3) is 0 Å². The topological polar surface area (TPSA) is 58.2 Å². The van der Waals surface area contributed by atoms with Gasteiger partial charge >= 0.3 is 0 Å². The second kappa shape index (κ2) is 6.76. The Labute approximate surface area is 110 Å². The number of anilines is 1. The van der Waals surface area contributed by atoms with Crippen LogP contribution in [0.1, 0.15) is 12.8 Å². The lowest BCUT2D eigenvalue weighted by Gasteiger charge is -2.08. The minimum atomic E-state index is -3.70. The van der Waals surface area contributed by atoms with E-state index in [1.807, 2.05) is 4.72 Å². The summed E-state index contributed by atoms with van der Waals surface area (Å²) in [4.78, 5) is 0. The molecule has 0 aliphatic carbocycles. The number of hydrogen-bond acceptors (Lipinski definition) is 3. The number of rotatable bonds is 7. The summed E-state index contributed by atoms with van der Waals surface area (Å²) in [7, 11) is -1.95. The third-order valence-corrected chi connectivity index (χ3v) is 3.72. The van der Waals surface area contributed by atoms with E-state index in [-0.39, 0.29) is 11.4 Å². The molecule has 108 valence electrons. The molecule has 0 aliphatic heterocycles. The van der Waals surface area contributed by atoms with E-state index in [4.69, 9.17) is 0 Å². The van der Waals surface area contributed by atoms with Crippen molar-refractivity contribution in [2.24, 2.45) is 0 Å². The molecular weight excluding hydrogens is 281 g/mol. The van der Waals surface area contributed by atoms with Crippen molar-refractivity contribution in [2.45, 2.75) is 12.8 Å². The van der Waals surface area contributed by atoms with Gasteiger partial charge in [0.1, 0.15) is 0 Å². The number of benzene rings is 1. The molecule has 0 fully saturated rings. The summed E-state index contributed by atoms with van der Waals surface area (Å²) < 4.78 is 63.7. The molecule has 1 aromatic carbocycles. The van der Waals surface area contributed by atoms with Gasteiger partial charge in [-0.25, -0.2) is 21.6 Å². The molecule has 0 saturated heterocycles. The number of hydrogen-bond donors (Lipinski definition) is 2. The molecule has 0 amide bonds. The minimum absolute atomic E-state index is 0.171. The van der Waals surface area contributed by atoms with E-state index in [0.29, 0.717) is 31.5 Å². The van der Waals surface area contributed by atoms with Crippen LogP contribution in [0.3, 0.4) is 0 Å². The van der Waals surface area contributed by atoms with E-state index in [1.165, 1.54) is 0 Å². The van der Waals surface area contributed by atoms with Crippen LogP contribution >= 0.6 is 0 Å². The predicted octanol–water partition coefficient (Wildman–Crippen LogP) is 1.85. The highest BCUT2D eigenvalue weighted by Crippen LogP contribution is 2.18. The van der Waals surface area contributed by atoms with Crippen molar-refractivity contribution >= 4 is 15.7 Å². The number of unbranched alkanes of at least 4 members (excludes halogenated alkanes) is 1. The Bertz CT molecular complexity index is 512. The quantitative estimate of drug-likeness (QED) is 0.596. The average Bonchev–Trinajstić information content (AvgIpc) is 2.31. The van der Waals surface area contributed by atoms with Crippen LogP contribution in [-0.2, 0) is 10.0 Å². The van der Waals surface area contributed by atoms with E-state index < -0.39 is 27.5 Å². The molecule has 19 heavy (non-hydrogen) atoms. The van der Waals surface area contributed by atoms with Gasteiger partial charge in [0.2, 0.25) is 10.0 Å². The second-order valence-corrected chi connectivity index (χ2v) is 5.83. The first-order valence-electron chi connectivity index (χ1n) is 5.65. The molecule has 1 rings (SSSR count). The SMILES string of the molecule is CNCCCCS(=O)(=O)Nc1cc(F)c(F)c(F)c1. The Balaban J connectivity index is 2.68. The molecule has 0 atom stereocenters. The van der Waals surface area contributed by atoms with Gasteiger partial charge < -0.3 is 5.32 Å². The Morgan fingerprint density at radius 1 is 1.11 bits per heavy atom. The lowest BCUT2D eigenvalue weighted by atomic mass is 10.3. The molecule has 0 aliphatic rings. The van der Waals surface area contributed by atoms with Crippen molar-refractivity contribution in [3.05, 3.63) is 29.6 Å². The summed E-state index contributed by atoms with van der Waals surface area (Å²) in [5.41, 5.74) is -0.329. The largest absolute Gasteiger partial charge is 0.320 e. The van der Waals surface area contributed by atoms with Crippen LogP contribution < -0.4 is 10.0 Å². The maximum atomic E-state index is 12.9. The first-order valence-corrected chi connectivity index (χ1v) is 7.30. The summed E-state index contributed by atoms with van der Waals surface area (Å²) in [6.07, 6.45) is 1.06. The fraction of sp³-hybridized carbons (Fsp3) is 0.455. The predicted molar refractivity (Wildman–Crippen MR) is 66.9 cm³/mol. The molecule has 0 heterocycles. The van der Waals surface area contributed by atoms with Crippen LogP contribution in [0.4, 0.5) is 18.9 Å². The minimum Gasteiger partial charge on any atom is -0.320 e. The standard InChI is InChI=1S/C11H15F3N2O2S/c1-15-4-2-3-5-19(17,18)16-8-6-9(12)11(14)10(13)7-8/h6-7,15-16H,2-5H2,1H3.